The molecule has 3 N–H and O–H groups in total. The highest BCUT2D eigenvalue weighted by Crippen LogP contribution is 2.36. The zero-order valence-electron chi connectivity index (χ0n) is 18.4. The van der Waals surface area contributed by atoms with E-state index in [1.807, 2.05) is 0 Å². The molecule has 0 unspecified atom stereocenters. The van der Waals surface area contributed by atoms with Crippen LogP contribution in [-0.2, 0) is 9.53 Å². The van der Waals surface area contributed by atoms with Crippen molar-refractivity contribution in [2.24, 2.45) is 9.98 Å². The number of ether oxygens (including phenoxy) is 1. The third-order valence-electron chi connectivity index (χ3n) is 5.14. The summed E-state index contributed by atoms with van der Waals surface area (Å²) < 4.78 is 5.34. The lowest BCUT2D eigenvalue weighted by atomic mass is 9.87. The summed E-state index contributed by atoms with van der Waals surface area (Å²) in [5.41, 5.74) is -0.0142. The molecule has 0 heterocycles. The van der Waals surface area contributed by atoms with Gasteiger partial charge in [-0.15, -0.1) is 0 Å². The van der Waals surface area contributed by atoms with Crippen molar-refractivity contribution in [2.75, 3.05) is 6.61 Å². The van der Waals surface area contributed by atoms with Crippen molar-refractivity contribution in [3.05, 3.63) is 89.5 Å². The number of phenols is 3. The largest absolute Gasteiger partial charge is 0.508 e. The predicted molar refractivity (Wildman–Crippen MR) is 127 cm³/mol. The summed E-state index contributed by atoms with van der Waals surface area (Å²) >= 11 is 0. The van der Waals surface area contributed by atoms with E-state index in [0.717, 1.165) is 0 Å². The van der Waals surface area contributed by atoms with Gasteiger partial charge in [-0.05, 0) is 55.8 Å². The van der Waals surface area contributed by atoms with Crippen molar-refractivity contribution in [1.29, 1.82) is 0 Å². The van der Waals surface area contributed by atoms with Gasteiger partial charge >= 0.3 is 5.97 Å². The second-order valence-corrected chi connectivity index (χ2v) is 7.52. The normalized spacial score (nSPS) is 14.2. The minimum Gasteiger partial charge on any atom is -0.508 e. The van der Waals surface area contributed by atoms with Crippen molar-refractivity contribution < 1.29 is 24.9 Å². The van der Waals surface area contributed by atoms with Crippen LogP contribution in [-0.4, -0.2) is 45.9 Å². The molecule has 0 radical (unpaired) electrons. The van der Waals surface area contributed by atoms with Gasteiger partial charge in [-0.2, -0.15) is 0 Å². The lowest BCUT2D eigenvalue weighted by Crippen LogP contribution is -2.41. The van der Waals surface area contributed by atoms with Gasteiger partial charge in [0.1, 0.15) is 23.3 Å². The monoisotopic (exact) mass is 446 g/mol. The molecule has 0 saturated heterocycles. The van der Waals surface area contributed by atoms with Crippen LogP contribution in [0.4, 0.5) is 0 Å². The van der Waals surface area contributed by atoms with E-state index in [1.54, 1.807) is 62.4 Å². The fourth-order valence-corrected chi connectivity index (χ4v) is 3.28. The molecular formula is C26H26N2O5. The fraction of sp³-hybridized carbons (Fsp3) is 0.192. The molecule has 0 bridgehead atoms. The first-order chi connectivity index (χ1) is 15.8. The molecule has 170 valence electrons. The van der Waals surface area contributed by atoms with E-state index in [2.05, 4.69) is 9.98 Å². The van der Waals surface area contributed by atoms with Crippen LogP contribution in [0.5, 0.6) is 17.2 Å². The molecule has 7 heteroatoms. The van der Waals surface area contributed by atoms with Gasteiger partial charge in [0.05, 0.1) is 6.61 Å². The number of phenolic OH excluding ortho intramolecular Hbond substituents is 3. The molecule has 0 amide bonds. The molecule has 7 nitrogen and oxygen atoms in total. The molecule has 3 aromatic rings. The maximum Gasteiger partial charge on any atom is 0.336 e. The first kappa shape index (κ1) is 23.5. The number of esters is 1. The van der Waals surface area contributed by atoms with Crippen molar-refractivity contribution in [3.8, 4) is 17.2 Å². The Hall–Kier alpha value is -4.13. The number of hydrogen-bond donors (Lipinski definition) is 3. The van der Waals surface area contributed by atoms with E-state index in [4.69, 9.17) is 4.74 Å². The minimum absolute atomic E-state index is 0.0198. The lowest BCUT2D eigenvalue weighted by Gasteiger charge is -2.30. The summed E-state index contributed by atoms with van der Waals surface area (Å²) in [6.07, 6.45) is 2.88. The molecule has 3 rings (SSSR count). The third kappa shape index (κ3) is 5.57. The summed E-state index contributed by atoms with van der Waals surface area (Å²) in [5, 5.41) is 30.0. The van der Waals surface area contributed by atoms with Crippen LogP contribution in [0.2, 0.25) is 0 Å². The average molecular weight is 447 g/mol. The molecule has 0 saturated carbocycles. The number of carbonyl (C=O) groups is 1. The fourth-order valence-electron chi connectivity index (χ4n) is 3.28. The summed E-state index contributed by atoms with van der Waals surface area (Å²) in [7, 11) is 0. The van der Waals surface area contributed by atoms with E-state index >= 15 is 0 Å². The summed E-state index contributed by atoms with van der Waals surface area (Å²) in [6, 6.07) is 18.7. The van der Waals surface area contributed by atoms with Crippen LogP contribution in [0.1, 0.15) is 36.6 Å². The highest BCUT2D eigenvalue weighted by molar-refractivity contribution is 5.90. The molecule has 3 aromatic carbocycles. The Bertz CT molecular complexity index is 1160. The topological polar surface area (TPSA) is 112 Å². The predicted octanol–water partition coefficient (Wildman–Crippen LogP) is 4.40. The number of aliphatic imine (C=N–C) groups is 2. The molecule has 0 fully saturated rings. The number of para-hydroxylation sites is 2. The van der Waals surface area contributed by atoms with Gasteiger partial charge in [0.2, 0.25) is 0 Å². The van der Waals surface area contributed by atoms with E-state index in [9.17, 15) is 20.1 Å². The summed E-state index contributed by atoms with van der Waals surface area (Å²) in [6.45, 7) is 3.44. The molecule has 0 aliphatic heterocycles. The Morgan fingerprint density at radius 1 is 0.909 bits per heavy atom. The first-order valence-corrected chi connectivity index (χ1v) is 10.5. The highest BCUT2D eigenvalue weighted by atomic mass is 16.5. The Balaban J connectivity index is 2.13. The molecule has 0 spiro atoms. The highest BCUT2D eigenvalue weighted by Gasteiger charge is 2.43. The summed E-state index contributed by atoms with van der Waals surface area (Å²) in [4.78, 5) is 22.3. The number of benzene rings is 3. The molecule has 2 atom stereocenters. The van der Waals surface area contributed by atoms with Crippen LogP contribution in [0, 0.1) is 0 Å². The van der Waals surface area contributed by atoms with Crippen molar-refractivity contribution in [1.82, 2.24) is 0 Å². The minimum atomic E-state index is -1.52. The van der Waals surface area contributed by atoms with Crippen LogP contribution >= 0.6 is 0 Å². The van der Waals surface area contributed by atoms with Crippen LogP contribution in [0.3, 0.4) is 0 Å². The van der Waals surface area contributed by atoms with Gasteiger partial charge in [0.15, 0.2) is 5.54 Å². The van der Waals surface area contributed by atoms with Gasteiger partial charge in [0.25, 0.3) is 0 Å². The summed E-state index contributed by atoms with van der Waals surface area (Å²) in [5.74, 6) is -0.477. The van der Waals surface area contributed by atoms with E-state index < -0.39 is 17.6 Å². The average Bonchev–Trinajstić information content (AvgIpc) is 2.81. The molecular weight excluding hydrogens is 420 g/mol. The van der Waals surface area contributed by atoms with Gasteiger partial charge < -0.3 is 20.1 Å². The second kappa shape index (κ2) is 10.5. The third-order valence-corrected chi connectivity index (χ3v) is 5.14. The Labute approximate surface area is 192 Å². The number of nitrogens with zero attached hydrogens (tertiary/aromatic N) is 2. The van der Waals surface area contributed by atoms with Crippen molar-refractivity contribution in [2.45, 2.75) is 25.4 Å². The number of carbonyl (C=O) groups excluding carboxylic acids is 1. The zero-order chi connectivity index (χ0) is 23.8. The standard InChI is InChI=1S/C26H26N2O5/c1-3-33-25(32)26(2,28-17-20-9-5-7-11-23(20)31)24(18-12-14-21(29)15-13-18)27-16-19-8-4-6-10-22(19)30/h4-17,24,29-31H,3H2,1-2H3/t24-,26+/m0/s1. The van der Waals surface area contributed by atoms with Crippen molar-refractivity contribution >= 4 is 18.4 Å². The van der Waals surface area contributed by atoms with Gasteiger partial charge in [-0.25, -0.2) is 4.79 Å². The molecule has 0 aliphatic carbocycles. The maximum absolute atomic E-state index is 13.2. The molecule has 33 heavy (non-hydrogen) atoms. The second-order valence-electron chi connectivity index (χ2n) is 7.52. The van der Waals surface area contributed by atoms with Crippen LogP contribution < -0.4 is 0 Å². The first-order valence-electron chi connectivity index (χ1n) is 10.5. The van der Waals surface area contributed by atoms with Crippen molar-refractivity contribution in [3.63, 3.8) is 0 Å². The van der Waals surface area contributed by atoms with Crippen LogP contribution in [0.25, 0.3) is 0 Å². The van der Waals surface area contributed by atoms with E-state index in [0.29, 0.717) is 16.7 Å². The Morgan fingerprint density at radius 3 is 2.00 bits per heavy atom. The zero-order valence-corrected chi connectivity index (χ0v) is 18.4. The number of aromatic hydroxyl groups is 3. The van der Waals surface area contributed by atoms with Gasteiger partial charge in [0, 0.05) is 23.6 Å². The number of hydrogen-bond acceptors (Lipinski definition) is 7. The smallest absolute Gasteiger partial charge is 0.336 e. The van der Waals surface area contributed by atoms with E-state index in [1.165, 1.54) is 36.7 Å². The van der Waals surface area contributed by atoms with E-state index in [-0.39, 0.29) is 23.9 Å². The maximum atomic E-state index is 13.2. The van der Waals surface area contributed by atoms with Crippen LogP contribution in [0.15, 0.2) is 82.8 Å². The quantitative estimate of drug-likeness (QED) is 0.351. The Morgan fingerprint density at radius 2 is 1.45 bits per heavy atom. The molecule has 0 aliphatic rings. The SMILES string of the molecule is CCOC(=O)[C@](C)(N=Cc1ccccc1O)[C@@H](N=Cc1ccccc1O)c1ccc(O)cc1. The van der Waals surface area contributed by atoms with Gasteiger partial charge in [-0.3, -0.25) is 9.98 Å². The number of rotatable bonds is 8. The Kier molecular flexibility index (Phi) is 7.46. The lowest BCUT2D eigenvalue weighted by molar-refractivity contribution is -0.149. The molecule has 0 aromatic heterocycles. The van der Waals surface area contributed by atoms with Gasteiger partial charge in [-0.1, -0.05) is 36.4 Å².